The topological polar surface area (TPSA) is 70.9 Å². The van der Waals surface area contributed by atoms with E-state index in [1.165, 1.54) is 0 Å². The van der Waals surface area contributed by atoms with Crippen LogP contribution in [0.1, 0.15) is 20.3 Å². The van der Waals surface area contributed by atoms with Gasteiger partial charge in [0.25, 0.3) is 0 Å². The number of aliphatic hydroxyl groups is 1. The minimum absolute atomic E-state index is 0.168. The third-order valence-corrected chi connectivity index (χ3v) is 4.34. The van der Waals surface area contributed by atoms with Crippen molar-refractivity contribution in [2.75, 3.05) is 5.32 Å². The molecule has 0 aliphatic heterocycles. The molecule has 1 aliphatic rings. The molecule has 0 radical (unpaired) electrons. The standard InChI is InChI=1S/C13H15ClN4O/c1-13(2)9(5-10(13)19)16-12-8-6-15-4-3-7(8)11(14)17-18-12/h3-4,6,9-10,19H,5H2,1-2H3,(H,16,18)/t9-,10+/m0/s1. The molecule has 2 heterocycles. The molecule has 19 heavy (non-hydrogen) atoms. The fourth-order valence-electron chi connectivity index (χ4n) is 2.38. The quantitative estimate of drug-likeness (QED) is 0.882. The van der Waals surface area contributed by atoms with Crippen molar-refractivity contribution in [1.29, 1.82) is 0 Å². The molecule has 1 aliphatic carbocycles. The summed E-state index contributed by atoms with van der Waals surface area (Å²) in [7, 11) is 0. The van der Waals surface area contributed by atoms with Gasteiger partial charge in [-0.2, -0.15) is 0 Å². The van der Waals surface area contributed by atoms with Crippen LogP contribution < -0.4 is 5.32 Å². The maximum Gasteiger partial charge on any atom is 0.159 e. The lowest BCUT2D eigenvalue weighted by Gasteiger charge is -2.49. The molecule has 0 saturated heterocycles. The Morgan fingerprint density at radius 3 is 2.84 bits per heavy atom. The van der Waals surface area contributed by atoms with Gasteiger partial charge in [-0.1, -0.05) is 25.4 Å². The average molecular weight is 279 g/mol. The van der Waals surface area contributed by atoms with Crippen LogP contribution in [0.3, 0.4) is 0 Å². The van der Waals surface area contributed by atoms with Crippen molar-refractivity contribution >= 4 is 28.2 Å². The van der Waals surface area contributed by atoms with Crippen molar-refractivity contribution in [2.24, 2.45) is 5.41 Å². The SMILES string of the molecule is CC1(C)[C@H](O)C[C@@H]1Nc1nnc(Cl)c2ccncc12. The summed E-state index contributed by atoms with van der Waals surface area (Å²) < 4.78 is 0. The highest BCUT2D eigenvalue weighted by Crippen LogP contribution is 2.42. The second kappa shape index (κ2) is 4.28. The van der Waals surface area contributed by atoms with Crippen LogP contribution in [0.4, 0.5) is 5.82 Å². The number of hydrogen-bond acceptors (Lipinski definition) is 5. The number of nitrogens with one attached hydrogen (secondary N) is 1. The summed E-state index contributed by atoms with van der Waals surface area (Å²) in [4.78, 5) is 4.10. The summed E-state index contributed by atoms with van der Waals surface area (Å²) in [6.45, 7) is 4.06. The zero-order chi connectivity index (χ0) is 13.6. The first-order valence-corrected chi connectivity index (χ1v) is 6.58. The minimum Gasteiger partial charge on any atom is -0.392 e. The van der Waals surface area contributed by atoms with E-state index in [4.69, 9.17) is 11.6 Å². The van der Waals surface area contributed by atoms with Gasteiger partial charge in [0.2, 0.25) is 0 Å². The number of nitrogens with zero attached hydrogens (tertiary/aromatic N) is 3. The van der Waals surface area contributed by atoms with Crippen molar-refractivity contribution in [3.05, 3.63) is 23.6 Å². The van der Waals surface area contributed by atoms with Gasteiger partial charge in [-0.15, -0.1) is 10.2 Å². The molecular weight excluding hydrogens is 264 g/mol. The normalized spacial score (nSPS) is 25.1. The summed E-state index contributed by atoms with van der Waals surface area (Å²) in [5.41, 5.74) is -0.171. The maximum atomic E-state index is 9.77. The molecular formula is C13H15ClN4O. The molecule has 2 aromatic heterocycles. The zero-order valence-electron chi connectivity index (χ0n) is 10.8. The predicted molar refractivity (Wildman–Crippen MR) is 74.2 cm³/mol. The minimum atomic E-state index is -0.283. The van der Waals surface area contributed by atoms with Crippen molar-refractivity contribution in [3.8, 4) is 0 Å². The number of anilines is 1. The van der Waals surface area contributed by atoms with E-state index in [1.54, 1.807) is 12.4 Å². The smallest absolute Gasteiger partial charge is 0.159 e. The lowest BCUT2D eigenvalue weighted by atomic mass is 9.64. The van der Waals surface area contributed by atoms with Crippen LogP contribution in [0.5, 0.6) is 0 Å². The number of rotatable bonds is 2. The van der Waals surface area contributed by atoms with E-state index < -0.39 is 0 Å². The first-order valence-electron chi connectivity index (χ1n) is 6.20. The molecule has 3 rings (SSSR count). The number of halogens is 1. The van der Waals surface area contributed by atoms with Gasteiger partial charge in [0.05, 0.1) is 6.10 Å². The summed E-state index contributed by atoms with van der Waals surface area (Å²) >= 11 is 6.02. The third-order valence-electron chi connectivity index (χ3n) is 4.06. The molecule has 0 spiro atoms. The average Bonchev–Trinajstić information content (AvgIpc) is 2.41. The Labute approximate surface area is 116 Å². The van der Waals surface area contributed by atoms with Gasteiger partial charge in [0.15, 0.2) is 11.0 Å². The lowest BCUT2D eigenvalue weighted by molar-refractivity contribution is -0.0511. The molecule has 100 valence electrons. The molecule has 0 amide bonds. The van der Waals surface area contributed by atoms with Gasteiger partial charge >= 0.3 is 0 Å². The summed E-state index contributed by atoms with van der Waals surface area (Å²) in [5, 5.41) is 23.2. The van der Waals surface area contributed by atoms with Gasteiger partial charge < -0.3 is 10.4 Å². The molecule has 1 fully saturated rings. The molecule has 6 heteroatoms. The molecule has 0 unspecified atom stereocenters. The molecule has 5 nitrogen and oxygen atoms in total. The van der Waals surface area contributed by atoms with Gasteiger partial charge in [0.1, 0.15) is 0 Å². The Balaban J connectivity index is 1.97. The van der Waals surface area contributed by atoms with Crippen molar-refractivity contribution in [1.82, 2.24) is 15.2 Å². The largest absolute Gasteiger partial charge is 0.392 e. The van der Waals surface area contributed by atoms with Crippen LogP contribution in [-0.2, 0) is 0 Å². The maximum absolute atomic E-state index is 9.77. The molecule has 0 bridgehead atoms. The molecule has 2 N–H and O–H groups in total. The van der Waals surface area contributed by atoms with E-state index in [0.717, 1.165) is 10.8 Å². The fraction of sp³-hybridized carbons (Fsp3) is 0.462. The van der Waals surface area contributed by atoms with E-state index in [0.29, 0.717) is 17.4 Å². The van der Waals surface area contributed by atoms with Crippen LogP contribution in [0.15, 0.2) is 18.5 Å². The van der Waals surface area contributed by atoms with E-state index in [9.17, 15) is 5.11 Å². The second-order valence-corrected chi connectivity index (χ2v) is 5.89. The molecule has 1 saturated carbocycles. The summed E-state index contributed by atoms with van der Waals surface area (Å²) in [5.74, 6) is 0.664. The van der Waals surface area contributed by atoms with Crippen molar-refractivity contribution in [2.45, 2.75) is 32.4 Å². The second-order valence-electron chi connectivity index (χ2n) is 5.53. The first kappa shape index (κ1) is 12.6. The van der Waals surface area contributed by atoms with Crippen LogP contribution in [0, 0.1) is 5.41 Å². The number of aliphatic hydroxyl groups excluding tert-OH is 1. The van der Waals surface area contributed by atoms with Crippen LogP contribution in [0.2, 0.25) is 5.15 Å². The Hall–Kier alpha value is -1.46. The monoisotopic (exact) mass is 278 g/mol. The number of aromatic nitrogens is 3. The zero-order valence-corrected chi connectivity index (χ0v) is 11.5. The number of fused-ring (bicyclic) bond motifs is 1. The highest BCUT2D eigenvalue weighted by molar-refractivity contribution is 6.34. The van der Waals surface area contributed by atoms with E-state index in [1.807, 2.05) is 19.9 Å². The van der Waals surface area contributed by atoms with Crippen LogP contribution >= 0.6 is 11.6 Å². The lowest BCUT2D eigenvalue weighted by Crippen LogP contribution is -2.57. The third kappa shape index (κ3) is 1.93. The highest BCUT2D eigenvalue weighted by Gasteiger charge is 2.47. The van der Waals surface area contributed by atoms with Gasteiger partial charge in [-0.25, -0.2) is 0 Å². The van der Waals surface area contributed by atoms with Gasteiger partial charge in [0, 0.05) is 34.6 Å². The number of pyridine rings is 1. The van der Waals surface area contributed by atoms with E-state index in [2.05, 4.69) is 20.5 Å². The Bertz CT molecular complexity index is 631. The number of hydrogen-bond donors (Lipinski definition) is 2. The Morgan fingerprint density at radius 2 is 2.16 bits per heavy atom. The fourth-order valence-corrected chi connectivity index (χ4v) is 2.59. The molecule has 2 aromatic rings. The van der Waals surface area contributed by atoms with Gasteiger partial charge in [-0.05, 0) is 12.5 Å². The van der Waals surface area contributed by atoms with Crippen molar-refractivity contribution < 1.29 is 5.11 Å². The summed E-state index contributed by atoms with van der Waals surface area (Å²) in [6.07, 6.45) is 3.82. The van der Waals surface area contributed by atoms with E-state index in [-0.39, 0.29) is 17.6 Å². The van der Waals surface area contributed by atoms with Crippen molar-refractivity contribution in [3.63, 3.8) is 0 Å². The van der Waals surface area contributed by atoms with Crippen LogP contribution in [-0.4, -0.2) is 32.4 Å². The van der Waals surface area contributed by atoms with Gasteiger partial charge in [-0.3, -0.25) is 4.98 Å². The highest BCUT2D eigenvalue weighted by atomic mass is 35.5. The first-order chi connectivity index (χ1) is 9.00. The molecule has 0 aromatic carbocycles. The van der Waals surface area contributed by atoms with Crippen LogP contribution in [0.25, 0.3) is 10.8 Å². The van der Waals surface area contributed by atoms with E-state index >= 15 is 0 Å². The summed E-state index contributed by atoms with van der Waals surface area (Å²) in [6, 6.07) is 1.99. The Morgan fingerprint density at radius 1 is 1.37 bits per heavy atom. The molecule has 2 atom stereocenters. The Kier molecular flexibility index (Phi) is 2.83. The predicted octanol–water partition coefficient (Wildman–Crippen LogP) is 2.25.